The molecule has 8 heteroatoms. The smallest absolute Gasteiger partial charge is 0.274 e. The number of ether oxygens (including phenoxy) is 3. The number of aromatic nitrogens is 2. The number of para-hydroxylation sites is 2. The average molecular weight is 549 g/mol. The summed E-state index contributed by atoms with van der Waals surface area (Å²) in [6, 6.07) is 17.5. The lowest BCUT2D eigenvalue weighted by atomic mass is 10.0. The first-order chi connectivity index (χ1) is 18.4. The van der Waals surface area contributed by atoms with Crippen LogP contribution in [0.3, 0.4) is 0 Å². The third-order valence-electron chi connectivity index (χ3n) is 6.15. The van der Waals surface area contributed by atoms with Crippen LogP contribution in [0.1, 0.15) is 43.4 Å². The predicted octanol–water partition coefficient (Wildman–Crippen LogP) is 6.40. The fourth-order valence-corrected chi connectivity index (χ4v) is 5.64. The highest BCUT2D eigenvalue weighted by Crippen LogP contribution is 2.37. The third-order valence-corrected chi connectivity index (χ3v) is 7.40. The molecule has 0 atom stereocenters. The molecule has 0 radical (unpaired) electrons. The summed E-state index contributed by atoms with van der Waals surface area (Å²) < 4.78 is 20.1. The number of benzene rings is 3. The van der Waals surface area contributed by atoms with Gasteiger partial charge in [-0.25, -0.2) is 9.38 Å². The minimum Gasteiger partial charge on any atom is -0.490 e. The van der Waals surface area contributed by atoms with Gasteiger partial charge in [-0.05, 0) is 72.9 Å². The first-order valence-corrected chi connectivity index (χ1v) is 13.8. The van der Waals surface area contributed by atoms with Crippen LogP contribution in [-0.2, 0) is 0 Å². The van der Waals surface area contributed by atoms with Crippen molar-refractivity contribution < 1.29 is 14.2 Å². The quantitative estimate of drug-likeness (QED) is 0.199. The number of thiazole rings is 1. The van der Waals surface area contributed by atoms with E-state index in [4.69, 9.17) is 25.8 Å². The first-order valence-electron chi connectivity index (χ1n) is 12.6. The molecule has 0 amide bonds. The van der Waals surface area contributed by atoms with E-state index in [1.165, 1.54) is 11.3 Å². The van der Waals surface area contributed by atoms with Gasteiger partial charge in [-0.15, -0.1) is 0 Å². The van der Waals surface area contributed by atoms with Gasteiger partial charge >= 0.3 is 0 Å². The molecule has 38 heavy (non-hydrogen) atoms. The molecule has 0 bridgehead atoms. The first kappa shape index (κ1) is 26.1. The van der Waals surface area contributed by atoms with Crippen molar-refractivity contribution in [2.24, 2.45) is 0 Å². The molecule has 5 aromatic rings. The van der Waals surface area contributed by atoms with E-state index in [1.807, 2.05) is 56.3 Å². The maximum atomic E-state index is 13.1. The highest BCUT2D eigenvalue weighted by Gasteiger charge is 2.15. The molecule has 0 aliphatic rings. The van der Waals surface area contributed by atoms with Crippen LogP contribution in [0, 0.1) is 6.92 Å². The largest absolute Gasteiger partial charge is 0.490 e. The molecule has 0 spiro atoms. The Balaban J connectivity index is 1.38. The lowest BCUT2D eigenvalue weighted by Gasteiger charge is -2.17. The van der Waals surface area contributed by atoms with Crippen LogP contribution in [0.2, 0.25) is 5.02 Å². The van der Waals surface area contributed by atoms with Crippen LogP contribution >= 0.6 is 22.9 Å². The average Bonchev–Trinajstić information content (AvgIpc) is 3.39. The van der Waals surface area contributed by atoms with Crippen molar-refractivity contribution >= 4 is 45.0 Å². The van der Waals surface area contributed by atoms with Gasteiger partial charge in [-0.1, -0.05) is 61.1 Å². The standard InChI is InChI=1S/C30H29ClN2O4S/c1-5-35-26-16-20(17-27-29(34)33-24-9-7-6-8-23(24)32-30(33)38-27)15-22(31)28(26)37-13-12-36-25-14-19(4)10-11-21(25)18(2)3/h6-11,14-18H,5,12-13H2,1-4H3/b27-17-. The fourth-order valence-electron chi connectivity index (χ4n) is 4.38. The Labute approximate surface area is 230 Å². The molecule has 3 aromatic carbocycles. The van der Waals surface area contributed by atoms with Gasteiger partial charge in [0.05, 0.1) is 27.2 Å². The Morgan fingerprint density at radius 3 is 2.61 bits per heavy atom. The molecule has 0 unspecified atom stereocenters. The number of hydrogen-bond acceptors (Lipinski definition) is 6. The molecule has 6 nitrogen and oxygen atoms in total. The summed E-state index contributed by atoms with van der Waals surface area (Å²) in [7, 11) is 0. The second-order valence-electron chi connectivity index (χ2n) is 9.29. The zero-order chi connectivity index (χ0) is 26.8. The molecular formula is C30H29ClN2O4S. The summed E-state index contributed by atoms with van der Waals surface area (Å²) in [5, 5.41) is 0.403. The molecule has 0 N–H and O–H groups in total. The summed E-state index contributed by atoms with van der Waals surface area (Å²) in [5.74, 6) is 2.20. The van der Waals surface area contributed by atoms with E-state index >= 15 is 0 Å². The molecule has 0 fully saturated rings. The van der Waals surface area contributed by atoms with Crippen LogP contribution in [0.25, 0.3) is 22.1 Å². The zero-order valence-corrected chi connectivity index (χ0v) is 23.4. The summed E-state index contributed by atoms with van der Waals surface area (Å²) in [5.41, 5.74) is 4.55. The number of aryl methyl sites for hydroxylation is 1. The Kier molecular flexibility index (Phi) is 7.58. The Morgan fingerprint density at radius 2 is 1.82 bits per heavy atom. The van der Waals surface area contributed by atoms with Crippen molar-refractivity contribution in [2.75, 3.05) is 19.8 Å². The summed E-state index contributed by atoms with van der Waals surface area (Å²) in [4.78, 5) is 18.4. The van der Waals surface area contributed by atoms with E-state index in [0.29, 0.717) is 51.8 Å². The molecule has 5 rings (SSSR count). The molecule has 0 saturated carbocycles. The second kappa shape index (κ2) is 11.1. The minimum atomic E-state index is -0.109. The van der Waals surface area contributed by atoms with E-state index in [2.05, 4.69) is 31.0 Å². The van der Waals surface area contributed by atoms with E-state index in [0.717, 1.165) is 33.5 Å². The second-order valence-corrected chi connectivity index (χ2v) is 10.7. The zero-order valence-electron chi connectivity index (χ0n) is 21.8. The van der Waals surface area contributed by atoms with Gasteiger partial charge in [0.15, 0.2) is 16.5 Å². The van der Waals surface area contributed by atoms with E-state index in [9.17, 15) is 4.79 Å². The van der Waals surface area contributed by atoms with Crippen LogP contribution < -0.4 is 24.3 Å². The van der Waals surface area contributed by atoms with Crippen LogP contribution in [-0.4, -0.2) is 29.2 Å². The SMILES string of the molecule is CCOc1cc(/C=c2\sc3nc4ccccc4n3c2=O)cc(Cl)c1OCCOc1cc(C)ccc1C(C)C. The third kappa shape index (κ3) is 5.22. The van der Waals surface area contributed by atoms with Gasteiger partial charge < -0.3 is 14.2 Å². The van der Waals surface area contributed by atoms with Gasteiger partial charge in [0.25, 0.3) is 5.56 Å². The van der Waals surface area contributed by atoms with E-state index in [-0.39, 0.29) is 5.56 Å². The number of imidazole rings is 1. The maximum Gasteiger partial charge on any atom is 0.274 e. The molecule has 2 aromatic heterocycles. The normalized spacial score (nSPS) is 12.1. The highest BCUT2D eigenvalue weighted by atomic mass is 35.5. The van der Waals surface area contributed by atoms with Crippen molar-refractivity contribution in [3.63, 3.8) is 0 Å². The molecule has 0 saturated heterocycles. The number of rotatable bonds is 9. The molecule has 0 aliphatic carbocycles. The highest BCUT2D eigenvalue weighted by molar-refractivity contribution is 7.15. The number of hydrogen-bond donors (Lipinski definition) is 0. The minimum absolute atomic E-state index is 0.109. The lowest BCUT2D eigenvalue weighted by Crippen LogP contribution is -2.22. The number of halogens is 1. The van der Waals surface area contributed by atoms with E-state index in [1.54, 1.807) is 10.5 Å². The Morgan fingerprint density at radius 1 is 1.03 bits per heavy atom. The molecule has 196 valence electrons. The van der Waals surface area contributed by atoms with Crippen LogP contribution in [0.5, 0.6) is 17.2 Å². The topological polar surface area (TPSA) is 62.1 Å². The van der Waals surface area contributed by atoms with Crippen molar-refractivity contribution in [3.05, 3.63) is 91.2 Å². The summed E-state index contributed by atoms with van der Waals surface area (Å²) in [6.45, 7) is 9.35. The van der Waals surface area contributed by atoms with Gasteiger partial charge in [-0.3, -0.25) is 4.79 Å². The van der Waals surface area contributed by atoms with Gasteiger partial charge in [0.1, 0.15) is 19.0 Å². The van der Waals surface area contributed by atoms with Crippen LogP contribution in [0.15, 0.2) is 59.4 Å². The Hall–Kier alpha value is -3.55. The van der Waals surface area contributed by atoms with Gasteiger partial charge in [0, 0.05) is 0 Å². The lowest BCUT2D eigenvalue weighted by molar-refractivity contribution is 0.207. The number of fused-ring (bicyclic) bond motifs is 3. The predicted molar refractivity (Wildman–Crippen MR) is 155 cm³/mol. The summed E-state index contributed by atoms with van der Waals surface area (Å²) >= 11 is 7.98. The molecular weight excluding hydrogens is 520 g/mol. The van der Waals surface area contributed by atoms with Crippen LogP contribution in [0.4, 0.5) is 0 Å². The fraction of sp³-hybridized carbons (Fsp3) is 0.267. The Bertz CT molecular complexity index is 1720. The van der Waals surface area contributed by atoms with Crippen molar-refractivity contribution in [2.45, 2.75) is 33.6 Å². The van der Waals surface area contributed by atoms with Gasteiger partial charge in [-0.2, -0.15) is 0 Å². The van der Waals surface area contributed by atoms with Crippen molar-refractivity contribution in [3.8, 4) is 17.2 Å². The van der Waals surface area contributed by atoms with Crippen molar-refractivity contribution in [1.82, 2.24) is 9.38 Å². The van der Waals surface area contributed by atoms with E-state index < -0.39 is 0 Å². The van der Waals surface area contributed by atoms with Crippen molar-refractivity contribution in [1.29, 1.82) is 0 Å². The monoisotopic (exact) mass is 548 g/mol. The molecule has 0 aliphatic heterocycles. The van der Waals surface area contributed by atoms with Gasteiger partial charge in [0.2, 0.25) is 0 Å². The maximum absolute atomic E-state index is 13.1. The molecule has 2 heterocycles. The summed E-state index contributed by atoms with van der Waals surface area (Å²) in [6.07, 6.45) is 1.81. The number of nitrogens with zero attached hydrogens (tertiary/aromatic N) is 2.